The van der Waals surface area contributed by atoms with Gasteiger partial charge < -0.3 is 11.1 Å². The molecule has 1 amide bonds. The van der Waals surface area contributed by atoms with E-state index in [1.54, 1.807) is 11.8 Å². The van der Waals surface area contributed by atoms with E-state index in [0.29, 0.717) is 12.1 Å². The number of hydrogen-bond donors (Lipinski definition) is 2. The molecule has 0 aliphatic carbocycles. The molecule has 0 radical (unpaired) electrons. The molecule has 1 aliphatic rings. The summed E-state index contributed by atoms with van der Waals surface area (Å²) < 4.78 is 1.77. The number of amides is 1. The Labute approximate surface area is 122 Å². The monoisotopic (exact) mass is 310 g/mol. The fraction of sp³-hybridized carbons (Fsp3) is 0.182. The number of fused-ring (bicyclic) bond motifs is 1. The molecule has 0 spiro atoms. The van der Waals surface area contributed by atoms with E-state index in [0.717, 1.165) is 24.8 Å². The zero-order valence-electron chi connectivity index (χ0n) is 9.97. The highest BCUT2D eigenvalue weighted by molar-refractivity contribution is 8.03. The lowest BCUT2D eigenvalue weighted by atomic mass is 10.1. The summed E-state index contributed by atoms with van der Waals surface area (Å²) in [5, 5.41) is 11.0. The smallest absolute Gasteiger partial charge is 0.228 e. The number of benzene rings is 1. The molecule has 0 bridgehead atoms. The number of nitrogens with two attached hydrogens (primary N) is 1. The Kier molecular flexibility index (Phi) is 3.38. The second kappa shape index (κ2) is 5.03. The van der Waals surface area contributed by atoms with Crippen LogP contribution in [0.2, 0.25) is 0 Å². The molecule has 2 heterocycles. The predicted octanol–water partition coefficient (Wildman–Crippen LogP) is 2.49. The molecule has 5 nitrogen and oxygen atoms in total. The van der Waals surface area contributed by atoms with E-state index in [9.17, 15) is 4.79 Å². The maximum absolute atomic E-state index is 11.3. The van der Waals surface area contributed by atoms with E-state index >= 15 is 0 Å². The summed E-state index contributed by atoms with van der Waals surface area (Å²) in [5.41, 5.74) is 8.48. The number of nitrogen functional groups attached to an aromatic ring is 1. The number of nitrogens with one attached hydrogen (secondary N) is 1. The van der Waals surface area contributed by atoms with Crippen LogP contribution in [-0.2, 0) is 11.2 Å². The number of rotatable bonds is 3. The molecule has 0 saturated heterocycles. The zero-order valence-corrected chi connectivity index (χ0v) is 12.4. The molecule has 1 aliphatic heterocycles. The van der Waals surface area contributed by atoms with Gasteiger partial charge in [0.15, 0.2) is 8.68 Å². The third-order valence-electron chi connectivity index (χ3n) is 2.62. The van der Waals surface area contributed by atoms with E-state index in [1.807, 2.05) is 18.4 Å². The maximum Gasteiger partial charge on any atom is 0.228 e. The minimum atomic E-state index is 0.0112. The normalized spacial score (nSPS) is 13.4. The van der Waals surface area contributed by atoms with Gasteiger partial charge in [-0.1, -0.05) is 34.9 Å². The fourth-order valence-electron chi connectivity index (χ4n) is 1.78. The van der Waals surface area contributed by atoms with Crippen LogP contribution in [0.4, 0.5) is 11.4 Å². The predicted molar refractivity (Wildman–Crippen MR) is 79.0 cm³/mol. The quantitative estimate of drug-likeness (QED) is 0.669. The van der Waals surface area contributed by atoms with Crippen LogP contribution in [0.3, 0.4) is 0 Å². The SMILES string of the molecule is CSc1nnc(Sc2cc3c(cc2N)CC(=O)N3)s1. The summed E-state index contributed by atoms with van der Waals surface area (Å²) in [7, 11) is 0. The Morgan fingerprint density at radius 1 is 1.37 bits per heavy atom. The topological polar surface area (TPSA) is 80.9 Å². The molecule has 3 rings (SSSR count). The van der Waals surface area contributed by atoms with Crippen molar-refractivity contribution in [2.45, 2.75) is 20.0 Å². The number of hydrogen-bond acceptors (Lipinski definition) is 7. The van der Waals surface area contributed by atoms with Crippen molar-refractivity contribution in [3.05, 3.63) is 17.7 Å². The Hall–Kier alpha value is -1.25. The molecule has 2 aromatic rings. The van der Waals surface area contributed by atoms with Crippen molar-refractivity contribution in [1.82, 2.24) is 10.2 Å². The molecule has 98 valence electrons. The van der Waals surface area contributed by atoms with Crippen LogP contribution < -0.4 is 11.1 Å². The van der Waals surface area contributed by atoms with Gasteiger partial charge in [0, 0.05) is 16.3 Å². The first-order chi connectivity index (χ1) is 9.15. The average Bonchev–Trinajstić information content (AvgIpc) is 2.95. The fourth-order valence-corrected chi connectivity index (χ4v) is 4.24. The molecule has 3 N–H and O–H groups in total. The number of carbonyl (C=O) groups is 1. The second-order valence-electron chi connectivity index (χ2n) is 3.91. The van der Waals surface area contributed by atoms with Gasteiger partial charge in [-0.25, -0.2) is 0 Å². The molecule has 1 aromatic carbocycles. The average molecular weight is 310 g/mol. The van der Waals surface area contributed by atoms with E-state index in [4.69, 9.17) is 5.73 Å². The van der Waals surface area contributed by atoms with Gasteiger partial charge in [-0.15, -0.1) is 10.2 Å². The second-order valence-corrected chi connectivity index (χ2v) is 7.23. The lowest BCUT2D eigenvalue weighted by Gasteiger charge is -2.06. The number of aromatic nitrogens is 2. The standard InChI is InChI=1S/C11H10N4OS3/c1-17-10-14-15-11(19-10)18-8-4-7-5(2-6(8)12)3-9(16)13-7/h2,4H,3,12H2,1H3,(H,13,16). The zero-order chi connectivity index (χ0) is 13.4. The van der Waals surface area contributed by atoms with E-state index in [2.05, 4.69) is 15.5 Å². The molecular weight excluding hydrogens is 300 g/mol. The lowest BCUT2D eigenvalue weighted by Crippen LogP contribution is -2.03. The number of carbonyl (C=O) groups excluding carboxylic acids is 1. The Balaban J connectivity index is 1.89. The van der Waals surface area contributed by atoms with Crippen molar-refractivity contribution >= 4 is 52.1 Å². The molecule has 0 atom stereocenters. The molecule has 0 saturated carbocycles. The molecular formula is C11H10N4OS3. The van der Waals surface area contributed by atoms with Gasteiger partial charge in [-0.3, -0.25) is 4.79 Å². The van der Waals surface area contributed by atoms with Crippen molar-refractivity contribution in [3.63, 3.8) is 0 Å². The van der Waals surface area contributed by atoms with Crippen molar-refractivity contribution in [2.24, 2.45) is 0 Å². The number of anilines is 2. The summed E-state index contributed by atoms with van der Waals surface area (Å²) in [5.74, 6) is 0.0112. The van der Waals surface area contributed by atoms with Gasteiger partial charge in [0.1, 0.15) is 0 Å². The van der Waals surface area contributed by atoms with Crippen LogP contribution in [0.15, 0.2) is 25.7 Å². The summed E-state index contributed by atoms with van der Waals surface area (Å²) >= 11 is 4.57. The van der Waals surface area contributed by atoms with E-state index < -0.39 is 0 Å². The third-order valence-corrected chi connectivity index (χ3v) is 5.64. The lowest BCUT2D eigenvalue weighted by molar-refractivity contribution is -0.115. The summed E-state index contributed by atoms with van der Waals surface area (Å²) in [6, 6.07) is 3.76. The van der Waals surface area contributed by atoms with Crippen LogP contribution in [0.5, 0.6) is 0 Å². The summed E-state index contributed by atoms with van der Waals surface area (Å²) in [6.45, 7) is 0. The van der Waals surface area contributed by atoms with Crippen LogP contribution >= 0.6 is 34.9 Å². The van der Waals surface area contributed by atoms with Crippen LogP contribution in [0.1, 0.15) is 5.56 Å². The van der Waals surface area contributed by atoms with Crippen molar-refractivity contribution < 1.29 is 4.79 Å². The first-order valence-electron chi connectivity index (χ1n) is 5.43. The summed E-state index contributed by atoms with van der Waals surface area (Å²) in [6.07, 6.45) is 2.37. The Morgan fingerprint density at radius 3 is 2.89 bits per heavy atom. The third kappa shape index (κ3) is 2.56. The highest BCUT2D eigenvalue weighted by Crippen LogP contribution is 2.39. The minimum Gasteiger partial charge on any atom is -0.398 e. The first kappa shape index (κ1) is 12.8. The molecule has 0 fully saturated rings. The minimum absolute atomic E-state index is 0.0112. The first-order valence-corrected chi connectivity index (χ1v) is 8.29. The molecule has 19 heavy (non-hydrogen) atoms. The van der Waals surface area contributed by atoms with Gasteiger partial charge in [-0.2, -0.15) is 0 Å². The van der Waals surface area contributed by atoms with Gasteiger partial charge >= 0.3 is 0 Å². The Morgan fingerprint density at radius 2 is 2.16 bits per heavy atom. The number of nitrogens with zero attached hydrogens (tertiary/aromatic N) is 2. The van der Waals surface area contributed by atoms with Crippen LogP contribution in [-0.4, -0.2) is 22.4 Å². The van der Waals surface area contributed by atoms with Crippen molar-refractivity contribution in [2.75, 3.05) is 17.3 Å². The molecule has 0 unspecified atom stereocenters. The van der Waals surface area contributed by atoms with Gasteiger partial charge in [-0.05, 0) is 24.0 Å². The Bertz CT molecular complexity index is 655. The number of thioether (sulfide) groups is 1. The molecule has 8 heteroatoms. The maximum atomic E-state index is 11.3. The van der Waals surface area contributed by atoms with E-state index in [-0.39, 0.29) is 5.91 Å². The highest BCUT2D eigenvalue weighted by Gasteiger charge is 2.20. The van der Waals surface area contributed by atoms with Gasteiger partial charge in [0.05, 0.1) is 6.42 Å². The van der Waals surface area contributed by atoms with Crippen LogP contribution in [0.25, 0.3) is 0 Å². The van der Waals surface area contributed by atoms with Crippen molar-refractivity contribution in [1.29, 1.82) is 0 Å². The summed E-state index contributed by atoms with van der Waals surface area (Å²) in [4.78, 5) is 12.2. The van der Waals surface area contributed by atoms with Gasteiger partial charge in [0.25, 0.3) is 0 Å². The van der Waals surface area contributed by atoms with Gasteiger partial charge in [0.2, 0.25) is 5.91 Å². The van der Waals surface area contributed by atoms with Crippen molar-refractivity contribution in [3.8, 4) is 0 Å². The molecule has 1 aromatic heterocycles. The largest absolute Gasteiger partial charge is 0.398 e. The van der Waals surface area contributed by atoms with E-state index in [1.165, 1.54) is 23.1 Å². The highest BCUT2D eigenvalue weighted by atomic mass is 32.2. The van der Waals surface area contributed by atoms with Crippen LogP contribution in [0, 0.1) is 0 Å².